The Labute approximate surface area is 186 Å². The highest BCUT2D eigenvalue weighted by Crippen LogP contribution is 2.40. The number of halogens is 3. The van der Waals surface area contributed by atoms with Crippen LogP contribution < -0.4 is 0 Å². The second-order valence-corrected chi connectivity index (χ2v) is 7.65. The highest BCUT2D eigenvalue weighted by molar-refractivity contribution is 5.67. The van der Waals surface area contributed by atoms with E-state index in [-0.39, 0.29) is 0 Å². The van der Waals surface area contributed by atoms with Crippen molar-refractivity contribution in [3.63, 3.8) is 0 Å². The molecule has 0 N–H and O–H groups in total. The predicted molar refractivity (Wildman–Crippen MR) is 116 cm³/mol. The van der Waals surface area contributed by atoms with Gasteiger partial charge in [0, 0.05) is 32.7 Å². The van der Waals surface area contributed by atoms with Gasteiger partial charge >= 0.3 is 6.18 Å². The van der Waals surface area contributed by atoms with Crippen molar-refractivity contribution in [3.8, 4) is 0 Å². The summed E-state index contributed by atoms with van der Waals surface area (Å²) in [5.74, 6) is -0.970. The maximum atomic E-state index is 11.5. The van der Waals surface area contributed by atoms with Crippen molar-refractivity contribution >= 4 is 11.2 Å². The van der Waals surface area contributed by atoms with Gasteiger partial charge in [-0.25, -0.2) is 19.9 Å². The molecular formula is C22H31F3N6O. The van der Waals surface area contributed by atoms with Gasteiger partial charge in [-0.2, -0.15) is 18.3 Å². The Morgan fingerprint density at radius 3 is 2.06 bits per heavy atom. The number of aromatic nitrogens is 6. The van der Waals surface area contributed by atoms with Gasteiger partial charge in [-0.3, -0.25) is 4.68 Å². The summed E-state index contributed by atoms with van der Waals surface area (Å²) < 4.78 is 41.3. The first-order chi connectivity index (χ1) is 15.3. The first-order valence-electron chi connectivity index (χ1n) is 10.8. The lowest BCUT2D eigenvalue weighted by molar-refractivity contribution is -0.193. The lowest BCUT2D eigenvalue weighted by atomic mass is 9.85. The number of nitrogens with zero attached hydrogens (tertiary/aromatic N) is 6. The van der Waals surface area contributed by atoms with Gasteiger partial charge in [0.15, 0.2) is 5.65 Å². The van der Waals surface area contributed by atoms with Crippen molar-refractivity contribution < 1.29 is 17.9 Å². The quantitative estimate of drug-likeness (QED) is 0.478. The fourth-order valence-electron chi connectivity index (χ4n) is 2.75. The van der Waals surface area contributed by atoms with E-state index >= 15 is 0 Å². The maximum absolute atomic E-state index is 11.5. The summed E-state index contributed by atoms with van der Waals surface area (Å²) in [6.07, 6.45) is 8.27. The van der Waals surface area contributed by atoms with Crippen LogP contribution >= 0.6 is 0 Å². The Bertz CT molecular complexity index is 858. The summed E-state index contributed by atoms with van der Waals surface area (Å²) in [4.78, 5) is 16.4. The predicted octanol–water partition coefficient (Wildman–Crippen LogP) is 4.99. The molecule has 4 heterocycles. The van der Waals surface area contributed by atoms with E-state index in [1.807, 2.05) is 33.2 Å². The van der Waals surface area contributed by atoms with E-state index in [4.69, 9.17) is 4.74 Å². The summed E-state index contributed by atoms with van der Waals surface area (Å²) in [5, 5.41) is 3.83. The van der Waals surface area contributed by atoms with Crippen LogP contribution in [0.4, 0.5) is 13.2 Å². The molecule has 0 atom stereocenters. The SMILES string of the molecule is C1CCOCC1.Cc1nc2cncnc2nc1C.Cn1cccn1.FC(F)(F)C1CCC1. The minimum absolute atomic E-state index is 0.351. The summed E-state index contributed by atoms with van der Waals surface area (Å²) in [6, 6.07) is 1.89. The van der Waals surface area contributed by atoms with Crippen LogP contribution in [0.2, 0.25) is 0 Å². The number of hydrogen-bond donors (Lipinski definition) is 0. The van der Waals surface area contributed by atoms with E-state index < -0.39 is 12.1 Å². The number of alkyl halides is 3. The van der Waals surface area contributed by atoms with E-state index in [1.165, 1.54) is 25.6 Å². The van der Waals surface area contributed by atoms with Crippen molar-refractivity contribution in [1.29, 1.82) is 0 Å². The van der Waals surface area contributed by atoms with Crippen LogP contribution in [0.25, 0.3) is 11.2 Å². The number of ether oxygens (including phenoxy) is 1. The molecule has 7 nitrogen and oxygen atoms in total. The van der Waals surface area contributed by atoms with E-state index in [0.29, 0.717) is 18.5 Å². The monoisotopic (exact) mass is 452 g/mol. The second kappa shape index (κ2) is 13.0. The van der Waals surface area contributed by atoms with Gasteiger partial charge in [0.25, 0.3) is 0 Å². The Balaban J connectivity index is 0.000000159. The molecule has 3 aromatic rings. The van der Waals surface area contributed by atoms with Crippen LogP contribution in [0.5, 0.6) is 0 Å². The Morgan fingerprint density at radius 1 is 1.00 bits per heavy atom. The highest BCUT2D eigenvalue weighted by atomic mass is 19.4. The molecule has 176 valence electrons. The lowest BCUT2D eigenvalue weighted by Crippen LogP contribution is -2.28. The van der Waals surface area contributed by atoms with Crippen molar-refractivity contribution in [3.05, 3.63) is 42.4 Å². The molecule has 1 aliphatic carbocycles. The number of rotatable bonds is 0. The van der Waals surface area contributed by atoms with E-state index in [0.717, 1.165) is 36.5 Å². The maximum Gasteiger partial charge on any atom is 0.391 e. The number of fused-ring (bicyclic) bond motifs is 1. The molecule has 10 heteroatoms. The van der Waals surface area contributed by atoms with Crippen molar-refractivity contribution in [2.24, 2.45) is 13.0 Å². The van der Waals surface area contributed by atoms with Crippen molar-refractivity contribution in [1.82, 2.24) is 29.7 Å². The molecular weight excluding hydrogens is 421 g/mol. The third-order valence-corrected chi connectivity index (χ3v) is 5.04. The molecule has 0 aromatic carbocycles. The van der Waals surface area contributed by atoms with Crippen LogP contribution in [-0.4, -0.2) is 49.1 Å². The summed E-state index contributed by atoms with van der Waals surface area (Å²) in [6.45, 7) is 5.85. The molecule has 32 heavy (non-hydrogen) atoms. The summed E-state index contributed by atoms with van der Waals surface area (Å²) in [5.41, 5.74) is 3.26. The standard InChI is InChI=1S/C8H8N4.C5H7F3.C5H10O.C4H6N2/c1-5-6(2)12-8-7(11-5)3-9-4-10-8;6-5(7,8)4-2-1-3-4;1-2-4-6-5-3-1;1-6-4-2-3-5-6/h3-4H,1-2H3;4H,1-3H2;1-5H2;2-4H,1H3. The van der Waals surface area contributed by atoms with Crippen LogP contribution in [0.3, 0.4) is 0 Å². The van der Waals surface area contributed by atoms with Gasteiger partial charge in [-0.15, -0.1) is 0 Å². The molecule has 0 spiro atoms. The number of aryl methyl sites for hydroxylation is 3. The highest BCUT2D eigenvalue weighted by Gasteiger charge is 2.42. The third-order valence-electron chi connectivity index (χ3n) is 5.04. The zero-order valence-corrected chi connectivity index (χ0v) is 18.8. The molecule has 5 rings (SSSR count). The molecule has 0 bridgehead atoms. The van der Waals surface area contributed by atoms with Gasteiger partial charge in [-0.1, -0.05) is 6.42 Å². The van der Waals surface area contributed by atoms with Gasteiger partial charge < -0.3 is 4.74 Å². The molecule has 2 aliphatic rings. The Kier molecular flexibility index (Phi) is 10.5. The Hall–Kier alpha value is -2.62. The molecule has 0 radical (unpaired) electrons. The van der Waals surface area contributed by atoms with Gasteiger partial charge in [-0.05, 0) is 52.0 Å². The fraction of sp³-hybridized carbons (Fsp3) is 0.591. The van der Waals surface area contributed by atoms with Gasteiger partial charge in [0.1, 0.15) is 11.8 Å². The van der Waals surface area contributed by atoms with Gasteiger partial charge in [0.2, 0.25) is 0 Å². The second-order valence-electron chi connectivity index (χ2n) is 7.65. The van der Waals surface area contributed by atoms with Crippen LogP contribution in [0.15, 0.2) is 31.0 Å². The average Bonchev–Trinajstić information content (AvgIpc) is 3.20. The Morgan fingerprint density at radius 2 is 1.69 bits per heavy atom. The van der Waals surface area contributed by atoms with Crippen LogP contribution in [0, 0.1) is 19.8 Å². The lowest BCUT2D eigenvalue weighted by Gasteiger charge is -2.27. The molecule has 1 saturated heterocycles. The minimum Gasteiger partial charge on any atom is -0.381 e. The van der Waals surface area contributed by atoms with Gasteiger partial charge in [0.05, 0.1) is 23.5 Å². The zero-order valence-electron chi connectivity index (χ0n) is 18.8. The van der Waals surface area contributed by atoms with Crippen molar-refractivity contribution in [2.45, 2.75) is 58.5 Å². The average molecular weight is 453 g/mol. The first-order valence-corrected chi connectivity index (χ1v) is 10.8. The molecule has 0 unspecified atom stereocenters. The van der Waals surface area contributed by atoms with Crippen molar-refractivity contribution in [2.75, 3.05) is 13.2 Å². The minimum atomic E-state index is -3.90. The topological polar surface area (TPSA) is 78.6 Å². The smallest absolute Gasteiger partial charge is 0.381 e. The molecule has 1 aliphatic heterocycles. The largest absolute Gasteiger partial charge is 0.391 e. The molecule has 0 amide bonds. The van der Waals surface area contributed by atoms with Crippen LogP contribution in [-0.2, 0) is 11.8 Å². The van der Waals surface area contributed by atoms with E-state index in [2.05, 4.69) is 25.0 Å². The van der Waals surface area contributed by atoms with E-state index in [9.17, 15) is 13.2 Å². The fourth-order valence-corrected chi connectivity index (χ4v) is 2.75. The first kappa shape index (κ1) is 25.6. The zero-order chi connectivity index (χ0) is 23.4. The summed E-state index contributed by atoms with van der Waals surface area (Å²) in [7, 11) is 1.89. The molecule has 2 fully saturated rings. The third kappa shape index (κ3) is 9.25. The van der Waals surface area contributed by atoms with Crippen LogP contribution in [0.1, 0.15) is 49.9 Å². The summed E-state index contributed by atoms with van der Waals surface area (Å²) >= 11 is 0. The van der Waals surface area contributed by atoms with E-state index in [1.54, 1.807) is 17.1 Å². The number of hydrogen-bond acceptors (Lipinski definition) is 6. The molecule has 3 aromatic heterocycles. The molecule has 1 saturated carbocycles. The normalized spacial score (nSPS) is 15.8.